The molecule has 1 aliphatic carbocycles. The molecule has 1 aliphatic rings. The Bertz CT molecular complexity index is 64.9. The van der Waals surface area contributed by atoms with Crippen molar-refractivity contribution >= 4 is 31.9 Å². The van der Waals surface area contributed by atoms with Crippen LogP contribution in [0.15, 0.2) is 0 Å². The van der Waals surface area contributed by atoms with Crippen molar-refractivity contribution in [3.05, 3.63) is 0 Å². The fraction of sp³-hybridized carbons (Fsp3) is 1.00. The predicted octanol–water partition coefficient (Wildman–Crippen LogP) is 3.09. The topological polar surface area (TPSA) is 0 Å². The Kier molecular flexibility index (Phi) is 2.84. The molecule has 0 spiro atoms. The van der Waals surface area contributed by atoms with Crippen molar-refractivity contribution in [1.82, 2.24) is 0 Å². The Morgan fingerprint density at radius 3 is 1.75 bits per heavy atom. The van der Waals surface area contributed by atoms with Gasteiger partial charge in [-0.05, 0) is 19.3 Å². The maximum atomic E-state index is 3.60. The summed E-state index contributed by atoms with van der Waals surface area (Å²) < 4.78 is 0. The summed E-state index contributed by atoms with van der Waals surface area (Å²) in [6.45, 7) is 0. The van der Waals surface area contributed by atoms with Crippen LogP contribution in [0.1, 0.15) is 25.7 Å². The third-order valence-electron chi connectivity index (χ3n) is 1.55. The van der Waals surface area contributed by atoms with Crippen LogP contribution in [0.2, 0.25) is 0 Å². The lowest BCUT2D eigenvalue weighted by molar-refractivity contribution is 0.539. The second kappa shape index (κ2) is 3.21. The summed E-state index contributed by atoms with van der Waals surface area (Å²) >= 11 is 7.20. The largest absolute Gasteiger partial charge is 0.0890 e. The summed E-state index contributed by atoms with van der Waals surface area (Å²) in [5.74, 6) is 0. The van der Waals surface area contributed by atoms with Gasteiger partial charge in [0.1, 0.15) is 0 Å². The first-order chi connectivity index (χ1) is 3.79. The molecule has 8 heavy (non-hydrogen) atoms. The average molecular weight is 242 g/mol. The van der Waals surface area contributed by atoms with Crippen molar-refractivity contribution in [2.24, 2.45) is 0 Å². The number of hydrogen-bond donors (Lipinski definition) is 0. The van der Waals surface area contributed by atoms with Gasteiger partial charge in [0, 0.05) is 9.65 Å². The van der Waals surface area contributed by atoms with Gasteiger partial charge in [-0.1, -0.05) is 38.3 Å². The number of rotatable bonds is 0. The second-order valence-corrected chi connectivity index (χ2v) is 4.95. The Morgan fingerprint density at radius 2 is 1.50 bits per heavy atom. The quantitative estimate of drug-likeness (QED) is 0.572. The first-order valence-corrected chi connectivity index (χ1v) is 4.90. The maximum Gasteiger partial charge on any atom is 0.0156 e. The predicted molar refractivity (Wildman–Crippen MR) is 43.9 cm³/mol. The molecule has 0 unspecified atom stereocenters. The zero-order chi connectivity index (χ0) is 5.98. The molecule has 1 rings (SSSR count). The van der Waals surface area contributed by atoms with Crippen LogP contribution in [-0.4, -0.2) is 9.65 Å². The zero-order valence-electron chi connectivity index (χ0n) is 4.74. The molecule has 0 heterocycles. The lowest BCUT2D eigenvalue weighted by atomic mass is 10.0. The number of hydrogen-bond acceptors (Lipinski definition) is 0. The van der Waals surface area contributed by atoms with E-state index in [0.29, 0.717) is 0 Å². The van der Waals surface area contributed by atoms with Crippen molar-refractivity contribution in [2.45, 2.75) is 35.3 Å². The molecule has 0 amide bonds. The van der Waals surface area contributed by atoms with E-state index >= 15 is 0 Å². The van der Waals surface area contributed by atoms with Gasteiger partial charge in [0.2, 0.25) is 0 Å². The molecule has 0 bridgehead atoms. The van der Waals surface area contributed by atoms with Crippen LogP contribution in [0, 0.1) is 0 Å². The van der Waals surface area contributed by atoms with E-state index in [1.807, 2.05) is 0 Å². The van der Waals surface area contributed by atoms with Crippen molar-refractivity contribution < 1.29 is 0 Å². The zero-order valence-corrected chi connectivity index (χ0v) is 7.91. The lowest BCUT2D eigenvalue weighted by Gasteiger charge is -2.20. The highest BCUT2D eigenvalue weighted by Crippen LogP contribution is 2.28. The van der Waals surface area contributed by atoms with Gasteiger partial charge in [0.05, 0.1) is 0 Å². The normalized spacial score (nSPS) is 39.8. The minimum Gasteiger partial charge on any atom is -0.0890 e. The second-order valence-electron chi connectivity index (χ2n) is 2.36. The van der Waals surface area contributed by atoms with Gasteiger partial charge in [-0.2, -0.15) is 0 Å². The van der Waals surface area contributed by atoms with Crippen LogP contribution in [-0.2, 0) is 0 Å². The van der Waals surface area contributed by atoms with Crippen LogP contribution in [0.25, 0.3) is 0 Å². The lowest BCUT2D eigenvalue weighted by Crippen LogP contribution is -2.13. The van der Waals surface area contributed by atoms with Gasteiger partial charge >= 0.3 is 0 Å². The van der Waals surface area contributed by atoms with E-state index < -0.39 is 0 Å². The first-order valence-electron chi connectivity index (χ1n) is 3.07. The maximum absolute atomic E-state index is 3.60. The highest BCUT2D eigenvalue weighted by atomic mass is 79.9. The van der Waals surface area contributed by atoms with E-state index in [0.717, 1.165) is 9.65 Å². The summed E-state index contributed by atoms with van der Waals surface area (Å²) in [5.41, 5.74) is 0. The van der Waals surface area contributed by atoms with E-state index in [1.165, 1.54) is 25.7 Å². The standard InChI is InChI=1S/C6H10Br2/c7-5-2-1-3-6(8)4-5/h5-6H,1-4H2/t5-,6-/m1/s1. The fourth-order valence-electron chi connectivity index (χ4n) is 1.07. The van der Waals surface area contributed by atoms with E-state index in [4.69, 9.17) is 0 Å². The summed E-state index contributed by atoms with van der Waals surface area (Å²) in [6, 6.07) is 0. The third kappa shape index (κ3) is 2.06. The van der Waals surface area contributed by atoms with Crippen LogP contribution in [0.5, 0.6) is 0 Å². The molecule has 48 valence electrons. The van der Waals surface area contributed by atoms with Crippen LogP contribution >= 0.6 is 31.9 Å². The highest BCUT2D eigenvalue weighted by Gasteiger charge is 2.16. The molecule has 0 radical (unpaired) electrons. The fourth-order valence-corrected chi connectivity index (χ4v) is 3.13. The van der Waals surface area contributed by atoms with E-state index in [2.05, 4.69) is 31.9 Å². The molecule has 0 saturated heterocycles. The molecular formula is C6H10Br2. The van der Waals surface area contributed by atoms with Crippen molar-refractivity contribution in [3.63, 3.8) is 0 Å². The molecule has 0 aromatic carbocycles. The molecule has 0 aromatic rings. The molecule has 0 aromatic heterocycles. The monoisotopic (exact) mass is 240 g/mol. The van der Waals surface area contributed by atoms with Gasteiger partial charge in [-0.25, -0.2) is 0 Å². The molecule has 2 atom stereocenters. The summed E-state index contributed by atoms with van der Waals surface area (Å²) in [6.07, 6.45) is 5.41. The molecular weight excluding hydrogens is 232 g/mol. The SMILES string of the molecule is Br[C@@H]1CCC[C@@H](Br)C1. The molecule has 2 heteroatoms. The minimum atomic E-state index is 0.778. The smallest absolute Gasteiger partial charge is 0.0156 e. The van der Waals surface area contributed by atoms with Crippen molar-refractivity contribution in [2.75, 3.05) is 0 Å². The number of alkyl halides is 2. The van der Waals surface area contributed by atoms with E-state index in [9.17, 15) is 0 Å². The van der Waals surface area contributed by atoms with Crippen LogP contribution < -0.4 is 0 Å². The van der Waals surface area contributed by atoms with Gasteiger partial charge in [-0.3, -0.25) is 0 Å². The highest BCUT2D eigenvalue weighted by molar-refractivity contribution is 9.10. The Morgan fingerprint density at radius 1 is 1.00 bits per heavy atom. The molecule has 1 fully saturated rings. The van der Waals surface area contributed by atoms with E-state index in [1.54, 1.807) is 0 Å². The Labute approximate surface area is 67.3 Å². The van der Waals surface area contributed by atoms with Crippen LogP contribution in [0.3, 0.4) is 0 Å². The Hall–Kier alpha value is 0.960. The first kappa shape index (κ1) is 7.07. The molecule has 0 nitrogen and oxygen atoms in total. The summed E-state index contributed by atoms with van der Waals surface area (Å²) in [7, 11) is 0. The van der Waals surface area contributed by atoms with Crippen LogP contribution in [0.4, 0.5) is 0 Å². The minimum absolute atomic E-state index is 0.778. The Balaban J connectivity index is 2.23. The number of halogens is 2. The van der Waals surface area contributed by atoms with Gasteiger partial charge in [-0.15, -0.1) is 0 Å². The third-order valence-corrected chi connectivity index (χ3v) is 3.21. The average Bonchev–Trinajstić information content (AvgIpc) is 1.64. The molecule has 0 aliphatic heterocycles. The van der Waals surface area contributed by atoms with Gasteiger partial charge < -0.3 is 0 Å². The summed E-state index contributed by atoms with van der Waals surface area (Å²) in [5, 5.41) is 0. The molecule has 0 N–H and O–H groups in total. The van der Waals surface area contributed by atoms with E-state index in [-0.39, 0.29) is 0 Å². The molecule has 1 saturated carbocycles. The van der Waals surface area contributed by atoms with Crippen molar-refractivity contribution in [1.29, 1.82) is 0 Å². The van der Waals surface area contributed by atoms with Gasteiger partial charge in [0.15, 0.2) is 0 Å². The summed E-state index contributed by atoms with van der Waals surface area (Å²) in [4.78, 5) is 1.56. The van der Waals surface area contributed by atoms with Crippen molar-refractivity contribution in [3.8, 4) is 0 Å². The van der Waals surface area contributed by atoms with Gasteiger partial charge in [0.25, 0.3) is 0 Å².